The summed E-state index contributed by atoms with van der Waals surface area (Å²) < 4.78 is 66.1. The molecule has 0 radical (unpaired) electrons. The fourth-order valence-corrected chi connectivity index (χ4v) is 1.65. The van der Waals surface area contributed by atoms with E-state index >= 15 is 0 Å². The number of nitrogens with one attached hydrogen (secondary N) is 1. The largest absolute Gasteiger partial charge is 0.416 e. The van der Waals surface area contributed by atoms with Crippen molar-refractivity contribution in [3.05, 3.63) is 35.4 Å². The van der Waals surface area contributed by atoms with E-state index in [4.69, 9.17) is 5.84 Å². The van der Waals surface area contributed by atoms with Crippen molar-refractivity contribution in [2.45, 2.75) is 25.1 Å². The lowest BCUT2D eigenvalue weighted by molar-refractivity contribution is -0.137. The van der Waals surface area contributed by atoms with Crippen LogP contribution in [0.2, 0.25) is 0 Å². The fourth-order valence-electron chi connectivity index (χ4n) is 1.65. The van der Waals surface area contributed by atoms with Crippen molar-refractivity contribution >= 4 is 0 Å². The molecule has 0 aliphatic heterocycles. The van der Waals surface area contributed by atoms with E-state index in [2.05, 4.69) is 10.2 Å². The Bertz CT molecular complexity index is 411. The van der Waals surface area contributed by atoms with Gasteiger partial charge < -0.3 is 4.74 Å². The van der Waals surface area contributed by atoms with Crippen molar-refractivity contribution < 1.29 is 26.7 Å². The van der Waals surface area contributed by atoms with Crippen molar-refractivity contribution in [3.63, 3.8) is 0 Å². The van der Waals surface area contributed by atoms with Gasteiger partial charge in [-0.3, -0.25) is 11.3 Å². The second kappa shape index (κ2) is 7.51. The SMILES string of the molecule is NNC(CCOCC(F)F)c1cccc(C(F)(F)F)c1. The first-order valence-corrected chi connectivity index (χ1v) is 5.83. The summed E-state index contributed by atoms with van der Waals surface area (Å²) in [4.78, 5) is 0. The van der Waals surface area contributed by atoms with Crippen molar-refractivity contribution in [2.75, 3.05) is 13.2 Å². The summed E-state index contributed by atoms with van der Waals surface area (Å²) >= 11 is 0. The quantitative estimate of drug-likeness (QED) is 0.352. The Morgan fingerprint density at radius 3 is 2.50 bits per heavy atom. The molecule has 1 atom stereocenters. The minimum absolute atomic E-state index is 0.0323. The molecular formula is C12H15F5N2O. The molecule has 0 amide bonds. The third kappa shape index (κ3) is 5.40. The highest BCUT2D eigenvalue weighted by Crippen LogP contribution is 2.31. The Morgan fingerprint density at radius 1 is 1.25 bits per heavy atom. The van der Waals surface area contributed by atoms with Gasteiger partial charge in [0.2, 0.25) is 0 Å². The van der Waals surface area contributed by atoms with Crippen molar-refractivity contribution in [1.29, 1.82) is 0 Å². The molecule has 3 N–H and O–H groups in total. The first kappa shape index (κ1) is 16.8. The molecular weight excluding hydrogens is 283 g/mol. The van der Waals surface area contributed by atoms with Crippen LogP contribution in [0.25, 0.3) is 0 Å². The van der Waals surface area contributed by atoms with Crippen LogP contribution < -0.4 is 11.3 Å². The fraction of sp³-hybridized carbons (Fsp3) is 0.500. The summed E-state index contributed by atoms with van der Waals surface area (Å²) in [6.45, 7) is -0.741. The molecule has 0 aliphatic rings. The zero-order valence-electron chi connectivity index (χ0n) is 10.5. The minimum Gasteiger partial charge on any atom is -0.375 e. The van der Waals surface area contributed by atoms with Crippen LogP contribution in [-0.2, 0) is 10.9 Å². The molecule has 0 bridgehead atoms. The van der Waals surface area contributed by atoms with Gasteiger partial charge in [-0.25, -0.2) is 8.78 Å². The van der Waals surface area contributed by atoms with Crippen molar-refractivity contribution in [2.24, 2.45) is 5.84 Å². The average molecular weight is 298 g/mol. The van der Waals surface area contributed by atoms with E-state index in [1.165, 1.54) is 12.1 Å². The second-order valence-electron chi connectivity index (χ2n) is 4.10. The lowest BCUT2D eigenvalue weighted by atomic mass is 10.0. The number of alkyl halides is 5. The van der Waals surface area contributed by atoms with Crippen LogP contribution in [-0.4, -0.2) is 19.6 Å². The van der Waals surface area contributed by atoms with Gasteiger partial charge in [0.1, 0.15) is 6.61 Å². The topological polar surface area (TPSA) is 47.3 Å². The van der Waals surface area contributed by atoms with Gasteiger partial charge in [0, 0.05) is 12.6 Å². The second-order valence-corrected chi connectivity index (χ2v) is 4.10. The lowest BCUT2D eigenvalue weighted by Crippen LogP contribution is -2.29. The molecule has 0 saturated heterocycles. The van der Waals surface area contributed by atoms with Gasteiger partial charge >= 0.3 is 6.18 Å². The van der Waals surface area contributed by atoms with Crippen LogP contribution in [0.4, 0.5) is 22.0 Å². The summed E-state index contributed by atoms with van der Waals surface area (Å²) in [5, 5.41) is 0. The van der Waals surface area contributed by atoms with Crippen LogP contribution in [0.3, 0.4) is 0 Å². The molecule has 1 aromatic carbocycles. The number of hydrogen-bond acceptors (Lipinski definition) is 3. The highest BCUT2D eigenvalue weighted by atomic mass is 19.4. The summed E-state index contributed by atoms with van der Waals surface area (Å²) in [7, 11) is 0. The lowest BCUT2D eigenvalue weighted by Gasteiger charge is -2.18. The van der Waals surface area contributed by atoms with E-state index in [-0.39, 0.29) is 13.0 Å². The van der Waals surface area contributed by atoms with E-state index in [1.807, 2.05) is 0 Å². The number of ether oxygens (including phenoxy) is 1. The first-order chi connectivity index (χ1) is 9.34. The summed E-state index contributed by atoms with van der Waals surface area (Å²) in [5.41, 5.74) is 1.88. The van der Waals surface area contributed by atoms with Crippen LogP contribution in [0.5, 0.6) is 0 Å². The maximum atomic E-state index is 12.6. The van der Waals surface area contributed by atoms with Crippen LogP contribution in [0.1, 0.15) is 23.6 Å². The Hall–Kier alpha value is -1.25. The van der Waals surface area contributed by atoms with Gasteiger partial charge in [-0.1, -0.05) is 12.1 Å². The van der Waals surface area contributed by atoms with Gasteiger partial charge in [-0.05, 0) is 24.1 Å². The Balaban J connectivity index is 2.65. The van der Waals surface area contributed by atoms with Gasteiger partial charge in [0.25, 0.3) is 6.43 Å². The maximum absolute atomic E-state index is 12.6. The van der Waals surface area contributed by atoms with Crippen LogP contribution >= 0.6 is 0 Å². The predicted molar refractivity (Wildman–Crippen MR) is 62.9 cm³/mol. The van der Waals surface area contributed by atoms with Crippen molar-refractivity contribution in [3.8, 4) is 0 Å². The number of benzene rings is 1. The number of nitrogens with two attached hydrogens (primary N) is 1. The van der Waals surface area contributed by atoms with E-state index in [1.54, 1.807) is 0 Å². The highest BCUT2D eigenvalue weighted by molar-refractivity contribution is 5.27. The van der Waals surface area contributed by atoms with E-state index in [0.717, 1.165) is 12.1 Å². The Kier molecular flexibility index (Phi) is 6.31. The van der Waals surface area contributed by atoms with Gasteiger partial charge in [0.15, 0.2) is 0 Å². The molecule has 114 valence electrons. The normalized spacial score (nSPS) is 13.8. The number of halogens is 5. The summed E-state index contributed by atoms with van der Waals surface area (Å²) in [6.07, 6.45) is -6.83. The van der Waals surface area contributed by atoms with E-state index in [9.17, 15) is 22.0 Å². The first-order valence-electron chi connectivity index (χ1n) is 5.83. The van der Waals surface area contributed by atoms with E-state index < -0.39 is 30.8 Å². The van der Waals surface area contributed by atoms with Crippen LogP contribution in [0.15, 0.2) is 24.3 Å². The number of rotatable bonds is 7. The van der Waals surface area contributed by atoms with Crippen LogP contribution in [0, 0.1) is 0 Å². The predicted octanol–water partition coefficient (Wildman–Crippen LogP) is 2.88. The zero-order chi connectivity index (χ0) is 15.2. The van der Waals surface area contributed by atoms with Gasteiger partial charge in [-0.2, -0.15) is 13.2 Å². The summed E-state index contributed by atoms with van der Waals surface area (Å²) in [6, 6.07) is 4.06. The molecule has 0 fully saturated rings. The molecule has 1 aromatic rings. The Morgan fingerprint density at radius 2 is 1.95 bits per heavy atom. The molecule has 20 heavy (non-hydrogen) atoms. The molecule has 1 rings (SSSR count). The monoisotopic (exact) mass is 298 g/mol. The van der Waals surface area contributed by atoms with E-state index in [0.29, 0.717) is 5.56 Å². The molecule has 3 nitrogen and oxygen atoms in total. The molecule has 0 heterocycles. The van der Waals surface area contributed by atoms with Gasteiger partial charge in [0.05, 0.1) is 5.56 Å². The number of hydrazine groups is 1. The zero-order valence-corrected chi connectivity index (χ0v) is 10.5. The minimum atomic E-state index is -4.44. The third-order valence-corrected chi connectivity index (χ3v) is 2.61. The Labute approximate surface area is 112 Å². The average Bonchev–Trinajstić information content (AvgIpc) is 2.38. The smallest absolute Gasteiger partial charge is 0.375 e. The molecule has 0 aromatic heterocycles. The molecule has 0 spiro atoms. The molecule has 8 heteroatoms. The number of hydrogen-bond donors (Lipinski definition) is 2. The molecule has 0 aliphatic carbocycles. The molecule has 0 saturated carbocycles. The third-order valence-electron chi connectivity index (χ3n) is 2.61. The standard InChI is InChI=1S/C12H15F5N2O/c13-11(14)7-20-5-4-10(19-18)8-2-1-3-9(6-8)12(15,16)17/h1-3,6,10-11,19H,4-5,7,18H2. The highest BCUT2D eigenvalue weighted by Gasteiger charge is 2.30. The van der Waals surface area contributed by atoms with Gasteiger partial charge in [-0.15, -0.1) is 0 Å². The van der Waals surface area contributed by atoms with Crippen molar-refractivity contribution in [1.82, 2.24) is 5.43 Å². The molecule has 1 unspecified atom stereocenters. The summed E-state index contributed by atoms with van der Waals surface area (Å²) in [5.74, 6) is 5.27. The maximum Gasteiger partial charge on any atom is 0.416 e.